The van der Waals surface area contributed by atoms with Gasteiger partial charge in [0, 0.05) is 40.0 Å². The topological polar surface area (TPSA) is 0 Å². The number of benzene rings is 2. The molecule has 0 aliphatic rings. The zero-order valence-electron chi connectivity index (χ0n) is 58.7. The van der Waals surface area contributed by atoms with Gasteiger partial charge in [0.15, 0.2) is 0 Å². The first-order chi connectivity index (χ1) is 44.4. The highest BCUT2D eigenvalue weighted by Crippen LogP contribution is 2.54. The zero-order valence-corrected chi connectivity index (χ0v) is 63.6. The standard InChI is InChI=1S/C84H128S6/c1-7-11-15-19-23-27-31-35-39-43-47-51-55-67-62-73(86-66(67)6)74-63-70(58-54-50-46-42-38-34-30-26-22-18-14-10-4)78(87-74)75-64-72-61-69(57-53-49-45-41-37-33-29-25-21-17-13-9-3)77-82(80(72)88-75)90-83-76-68(56-52-48-44-40-36-32-28-24-20-16-12-8-2)60-71-59-65(5)85-79(71)81(76)89-84(77)83/h59-64H,7-58H2,1-6H3. The lowest BCUT2D eigenvalue weighted by atomic mass is 9.98. The zero-order chi connectivity index (χ0) is 62.8. The second-order valence-corrected chi connectivity index (χ2v) is 35.0. The van der Waals surface area contributed by atoms with Crippen LogP contribution in [0.1, 0.15) is 368 Å². The van der Waals surface area contributed by atoms with Crippen LogP contribution in [0.15, 0.2) is 36.4 Å². The fourth-order valence-corrected chi connectivity index (χ4v) is 22.8. The Labute approximate surface area is 576 Å². The molecule has 6 heterocycles. The number of hydrogen-bond donors (Lipinski definition) is 0. The van der Waals surface area contributed by atoms with Gasteiger partial charge in [-0.25, -0.2) is 0 Å². The third kappa shape index (κ3) is 23.6. The van der Waals surface area contributed by atoms with Crippen LogP contribution in [-0.4, -0.2) is 0 Å². The van der Waals surface area contributed by atoms with Crippen molar-refractivity contribution in [3.05, 3.63) is 68.4 Å². The van der Waals surface area contributed by atoms with Crippen LogP contribution in [0.2, 0.25) is 0 Å². The maximum atomic E-state index is 2.72. The van der Waals surface area contributed by atoms with E-state index in [0.29, 0.717) is 0 Å². The molecule has 0 bridgehead atoms. The Balaban J connectivity index is 1.03. The highest BCUT2D eigenvalue weighted by Gasteiger charge is 2.24. The molecule has 0 saturated heterocycles. The molecule has 0 radical (unpaired) electrons. The second kappa shape index (κ2) is 43.2. The highest BCUT2D eigenvalue weighted by atomic mass is 32.1. The Hall–Kier alpha value is -2.06. The summed E-state index contributed by atoms with van der Waals surface area (Å²) in [5, 5.41) is 6.23. The van der Waals surface area contributed by atoms with E-state index in [1.807, 2.05) is 11.3 Å². The Morgan fingerprint density at radius 3 is 0.889 bits per heavy atom. The number of fused-ring (bicyclic) bond motifs is 9. The Morgan fingerprint density at radius 2 is 0.511 bits per heavy atom. The molecule has 0 aliphatic heterocycles. The second-order valence-electron chi connectivity index (χ2n) is 28.4. The minimum Gasteiger partial charge on any atom is -0.139 e. The lowest BCUT2D eigenvalue weighted by Gasteiger charge is -2.07. The van der Waals surface area contributed by atoms with Crippen LogP contribution >= 0.6 is 68.0 Å². The van der Waals surface area contributed by atoms with Gasteiger partial charge in [-0.15, -0.1) is 68.0 Å². The molecule has 0 unspecified atom stereocenters. The van der Waals surface area contributed by atoms with Crippen LogP contribution in [0, 0.1) is 13.8 Å². The molecule has 0 spiro atoms. The van der Waals surface area contributed by atoms with Crippen molar-refractivity contribution in [1.29, 1.82) is 0 Å². The van der Waals surface area contributed by atoms with Crippen LogP contribution in [0.25, 0.3) is 69.3 Å². The molecule has 0 nitrogen and oxygen atoms in total. The van der Waals surface area contributed by atoms with Crippen molar-refractivity contribution in [1.82, 2.24) is 0 Å². The van der Waals surface area contributed by atoms with Gasteiger partial charge in [-0.3, -0.25) is 0 Å². The molecule has 90 heavy (non-hydrogen) atoms. The number of hydrogen-bond acceptors (Lipinski definition) is 6. The number of rotatable bonds is 54. The van der Waals surface area contributed by atoms with Crippen molar-refractivity contribution in [2.75, 3.05) is 0 Å². The Morgan fingerprint density at radius 1 is 0.222 bits per heavy atom. The van der Waals surface area contributed by atoms with Gasteiger partial charge >= 0.3 is 0 Å². The van der Waals surface area contributed by atoms with Crippen LogP contribution in [0.5, 0.6) is 0 Å². The van der Waals surface area contributed by atoms with E-state index in [0.717, 1.165) is 0 Å². The molecular formula is C84H128S6. The summed E-state index contributed by atoms with van der Waals surface area (Å²) in [5.41, 5.74) is 6.49. The van der Waals surface area contributed by atoms with Crippen LogP contribution in [-0.2, 0) is 25.7 Å². The number of thiophene rings is 6. The largest absolute Gasteiger partial charge is 0.139 e. The lowest BCUT2D eigenvalue weighted by molar-refractivity contribution is 0.544. The molecule has 6 aromatic heterocycles. The predicted molar refractivity (Wildman–Crippen MR) is 421 cm³/mol. The highest BCUT2D eigenvalue weighted by molar-refractivity contribution is 7.40. The third-order valence-electron chi connectivity index (χ3n) is 20.4. The maximum Gasteiger partial charge on any atom is 0.0546 e. The summed E-state index contributed by atoms with van der Waals surface area (Å²) in [5.74, 6) is 0. The molecule has 0 N–H and O–H groups in total. The van der Waals surface area contributed by atoms with Gasteiger partial charge in [0.05, 0.1) is 28.2 Å². The van der Waals surface area contributed by atoms with E-state index in [-0.39, 0.29) is 0 Å². The first kappa shape index (κ1) is 73.7. The van der Waals surface area contributed by atoms with Gasteiger partial charge in [0.25, 0.3) is 0 Å². The number of unbranched alkanes of at least 4 members (excludes halogenated alkanes) is 44. The van der Waals surface area contributed by atoms with E-state index in [1.165, 1.54) is 369 Å². The van der Waals surface area contributed by atoms with Crippen molar-refractivity contribution >= 4 is 118 Å². The maximum absolute atomic E-state index is 2.72. The Kier molecular flexibility index (Phi) is 35.4. The molecule has 500 valence electrons. The third-order valence-corrected chi connectivity index (χ3v) is 28.1. The summed E-state index contributed by atoms with van der Waals surface area (Å²) < 4.78 is 9.47. The average Bonchev–Trinajstić information content (AvgIpc) is 1.55. The SMILES string of the molecule is CCCCCCCCCCCCCCc1cc(-c2cc(CCCCCCCCCCCCCC)c(-c3cc4cc(CCCCCCCCCCCCCC)c5c(sc6c5sc5c7sc(C)cc7cc(CCCCCCCCCCCCCC)c56)c4s3)s2)sc1C. The average molecular weight is 1330 g/mol. The van der Waals surface area contributed by atoms with Gasteiger partial charge in [0.2, 0.25) is 0 Å². The van der Waals surface area contributed by atoms with E-state index in [4.69, 9.17) is 0 Å². The van der Waals surface area contributed by atoms with Gasteiger partial charge in [-0.1, -0.05) is 310 Å². The molecule has 8 aromatic rings. The van der Waals surface area contributed by atoms with Gasteiger partial charge in [0.1, 0.15) is 0 Å². The molecule has 0 aliphatic carbocycles. The summed E-state index contributed by atoms with van der Waals surface area (Å²) in [6, 6.07) is 15.8. The quantitative estimate of drug-likeness (QED) is 0.0333. The van der Waals surface area contributed by atoms with Gasteiger partial charge in [-0.2, -0.15) is 0 Å². The van der Waals surface area contributed by atoms with Crippen LogP contribution < -0.4 is 0 Å². The van der Waals surface area contributed by atoms with Gasteiger partial charge < -0.3 is 0 Å². The van der Waals surface area contributed by atoms with E-state index < -0.39 is 0 Å². The number of aryl methyl sites for hydroxylation is 6. The molecule has 2 aromatic carbocycles. The summed E-state index contributed by atoms with van der Waals surface area (Å²) >= 11 is 12.8. The van der Waals surface area contributed by atoms with Crippen molar-refractivity contribution in [2.45, 2.75) is 375 Å². The van der Waals surface area contributed by atoms with Crippen molar-refractivity contribution < 1.29 is 0 Å². The Bertz CT molecular complexity index is 3190. The minimum atomic E-state index is 1.20. The van der Waals surface area contributed by atoms with Crippen molar-refractivity contribution in [3.8, 4) is 19.5 Å². The summed E-state index contributed by atoms with van der Waals surface area (Å²) in [7, 11) is 0. The summed E-state index contributed by atoms with van der Waals surface area (Å²) in [6.07, 6.45) is 72.3. The van der Waals surface area contributed by atoms with Crippen LogP contribution in [0.4, 0.5) is 0 Å². The predicted octanol–water partition coefficient (Wildman–Crippen LogP) is 32.7. The molecule has 0 atom stereocenters. The summed E-state index contributed by atoms with van der Waals surface area (Å²) in [6.45, 7) is 14.1. The molecule has 0 saturated carbocycles. The lowest BCUT2D eigenvalue weighted by Crippen LogP contribution is -1.88. The van der Waals surface area contributed by atoms with Crippen molar-refractivity contribution in [2.24, 2.45) is 0 Å². The smallest absolute Gasteiger partial charge is 0.0546 e. The first-order valence-electron chi connectivity index (χ1n) is 38.9. The first-order valence-corrected chi connectivity index (χ1v) is 43.8. The molecule has 6 heteroatoms. The molecule has 8 rings (SSSR count). The van der Waals surface area contributed by atoms with Gasteiger partial charge in [-0.05, 0) is 135 Å². The van der Waals surface area contributed by atoms with E-state index in [9.17, 15) is 0 Å². The van der Waals surface area contributed by atoms with Crippen LogP contribution in [0.3, 0.4) is 0 Å². The van der Waals surface area contributed by atoms with E-state index >= 15 is 0 Å². The van der Waals surface area contributed by atoms with Crippen molar-refractivity contribution in [3.63, 3.8) is 0 Å². The fraction of sp³-hybridized carbons (Fsp3) is 0.690. The minimum absolute atomic E-state index is 1.20. The summed E-state index contributed by atoms with van der Waals surface area (Å²) in [4.78, 5) is 9.13. The fourth-order valence-electron chi connectivity index (χ4n) is 14.8. The van der Waals surface area contributed by atoms with E-state index in [2.05, 4.69) is 135 Å². The monoisotopic (exact) mass is 1330 g/mol. The van der Waals surface area contributed by atoms with E-state index in [1.54, 1.807) is 66.3 Å². The molecule has 0 amide bonds. The normalized spacial score (nSPS) is 12.2. The molecule has 0 fully saturated rings. The molecular weight excluding hydrogens is 1200 g/mol.